The van der Waals surface area contributed by atoms with Gasteiger partial charge in [0.25, 0.3) is 0 Å². The van der Waals surface area contributed by atoms with Gasteiger partial charge >= 0.3 is 0 Å². The lowest BCUT2D eigenvalue weighted by molar-refractivity contribution is 0.272. The highest BCUT2D eigenvalue weighted by atomic mass is 32.1. The van der Waals surface area contributed by atoms with E-state index in [0.29, 0.717) is 23.7 Å². The second-order valence-electron chi connectivity index (χ2n) is 17.5. The average Bonchev–Trinajstić information content (AvgIpc) is 4.07. The van der Waals surface area contributed by atoms with Crippen molar-refractivity contribution in [1.82, 2.24) is 19.6 Å². The Morgan fingerprint density at radius 2 is 1.03 bits per heavy atom. The van der Waals surface area contributed by atoms with Gasteiger partial charge in [-0.05, 0) is 90.1 Å². The van der Waals surface area contributed by atoms with Crippen molar-refractivity contribution in [3.8, 4) is 50.7 Å². The van der Waals surface area contributed by atoms with Crippen LogP contribution in [0.25, 0.3) is 66.5 Å². The van der Waals surface area contributed by atoms with Gasteiger partial charge in [-0.15, -0.1) is 11.3 Å². The van der Waals surface area contributed by atoms with Gasteiger partial charge in [0, 0.05) is 27.0 Å². The van der Waals surface area contributed by atoms with Gasteiger partial charge in [0.1, 0.15) is 0 Å². The van der Waals surface area contributed by atoms with E-state index in [4.69, 9.17) is 10.2 Å². The van der Waals surface area contributed by atoms with Gasteiger partial charge in [0.2, 0.25) is 0 Å². The summed E-state index contributed by atoms with van der Waals surface area (Å²) in [6, 6.07) is 52.8. The van der Waals surface area contributed by atoms with Crippen molar-refractivity contribution in [3.05, 3.63) is 168 Å². The number of hydrogen-bond acceptors (Lipinski definition) is 3. The molecule has 0 N–H and O–H groups in total. The molecule has 0 aliphatic heterocycles. The van der Waals surface area contributed by atoms with Crippen molar-refractivity contribution in [2.45, 2.75) is 83.0 Å². The quantitative estimate of drug-likeness (QED) is 0.153. The zero-order valence-electron chi connectivity index (χ0n) is 34.5. The lowest BCUT2D eigenvalue weighted by Crippen LogP contribution is -2.25. The minimum Gasteiger partial charge on any atom is -0.232 e. The first kappa shape index (κ1) is 37.2. The highest BCUT2D eigenvalue weighted by Crippen LogP contribution is 2.55. The first-order valence-corrected chi connectivity index (χ1v) is 23.2. The third kappa shape index (κ3) is 6.77. The van der Waals surface area contributed by atoms with Crippen LogP contribution >= 0.6 is 11.3 Å². The van der Waals surface area contributed by atoms with Crippen LogP contribution in [0.1, 0.15) is 99.0 Å². The number of nitrogens with zero attached hydrogens (tertiary/aromatic N) is 4. The van der Waals surface area contributed by atoms with E-state index in [0.717, 1.165) is 33.9 Å². The first-order chi connectivity index (χ1) is 29.7. The number of benzene rings is 5. The van der Waals surface area contributed by atoms with Crippen LogP contribution in [0.3, 0.4) is 0 Å². The number of aromatic nitrogens is 4. The van der Waals surface area contributed by atoms with E-state index < -0.39 is 0 Å². The zero-order valence-corrected chi connectivity index (χ0v) is 35.3. The second-order valence-corrected chi connectivity index (χ2v) is 18.6. The van der Waals surface area contributed by atoms with E-state index >= 15 is 0 Å². The molecule has 3 aromatic heterocycles. The first-order valence-electron chi connectivity index (χ1n) is 22.4. The minimum atomic E-state index is 0.359. The lowest BCUT2D eigenvalue weighted by atomic mass is 9.68. The Balaban J connectivity index is 1.18. The average molecular weight is 801 g/mol. The molecule has 2 unspecified atom stereocenters. The van der Waals surface area contributed by atoms with Crippen LogP contribution < -0.4 is 0 Å². The summed E-state index contributed by atoms with van der Waals surface area (Å²) in [5.41, 5.74) is 14.4. The van der Waals surface area contributed by atoms with Crippen LogP contribution in [-0.4, -0.2) is 19.6 Å². The molecule has 0 amide bonds. The van der Waals surface area contributed by atoms with E-state index in [1.54, 1.807) is 5.56 Å². The molecule has 11 rings (SSSR count). The molecule has 4 nitrogen and oxygen atoms in total. The van der Waals surface area contributed by atoms with Crippen LogP contribution in [-0.2, 0) is 0 Å². The maximum atomic E-state index is 5.52. The third-order valence-corrected chi connectivity index (χ3v) is 15.1. The molecule has 2 fully saturated rings. The second kappa shape index (κ2) is 16.0. The molecule has 60 heavy (non-hydrogen) atoms. The van der Waals surface area contributed by atoms with Crippen molar-refractivity contribution in [2.75, 3.05) is 0 Å². The van der Waals surface area contributed by atoms with Gasteiger partial charge in [0.05, 0.1) is 39.0 Å². The van der Waals surface area contributed by atoms with Gasteiger partial charge < -0.3 is 0 Å². The Morgan fingerprint density at radius 3 is 1.60 bits per heavy atom. The Morgan fingerprint density at radius 1 is 0.533 bits per heavy atom. The molecule has 8 aromatic rings. The van der Waals surface area contributed by atoms with Crippen molar-refractivity contribution in [3.63, 3.8) is 0 Å². The molecule has 5 aromatic carbocycles. The third-order valence-electron chi connectivity index (χ3n) is 13.8. The van der Waals surface area contributed by atoms with Crippen molar-refractivity contribution in [1.29, 1.82) is 0 Å². The molecule has 0 spiro atoms. The number of thiophene rings is 1. The number of fused-ring (bicyclic) bond motifs is 3. The largest absolute Gasteiger partial charge is 0.232 e. The van der Waals surface area contributed by atoms with Crippen LogP contribution in [0.2, 0.25) is 0 Å². The van der Waals surface area contributed by atoms with E-state index in [2.05, 4.69) is 168 Å². The molecular weight excluding hydrogens is 749 g/mol. The Kier molecular flexibility index (Phi) is 9.93. The maximum absolute atomic E-state index is 5.52. The SMILES string of the molecule is CC1C=C(n2nc(-c3ccccc3)cc2-c2ccccc2)c2sc3c(C4CCCCC4)cc(-n4nc(-c5ccccc5)cc4-c4ccccc4)cc3c2C1C1CCCCC1. The predicted molar refractivity (Wildman–Crippen MR) is 251 cm³/mol. The fraction of sp³-hybridized carbons (Fsp3) is 0.273. The molecule has 0 saturated heterocycles. The molecule has 298 valence electrons. The van der Waals surface area contributed by atoms with Gasteiger partial charge in [-0.25, -0.2) is 9.36 Å². The standard InChI is InChI=1S/C55H52N4S/c1-37-32-51(59-50(42-28-16-6-17-29-42)36-48(57-59)40-24-12-4-13-25-40)55-53(52(37)43-30-18-7-19-31-43)46-34-44(33-45(54(46)60-55)38-20-8-2-9-21-38)58-49(41-26-14-5-15-27-41)35-47(56-58)39-22-10-3-11-23-39/h3-6,10-17,22-29,32-38,43,52H,2,7-9,18-21,30-31H2,1H3. The summed E-state index contributed by atoms with van der Waals surface area (Å²) in [4.78, 5) is 1.40. The molecule has 0 bridgehead atoms. The van der Waals surface area contributed by atoms with E-state index in [1.165, 1.54) is 107 Å². The Hall–Kier alpha value is -5.78. The van der Waals surface area contributed by atoms with Crippen molar-refractivity contribution in [2.24, 2.45) is 11.8 Å². The topological polar surface area (TPSA) is 35.6 Å². The normalized spacial score (nSPS) is 18.7. The summed E-state index contributed by atoms with van der Waals surface area (Å²) < 4.78 is 6.04. The number of hydrogen-bond donors (Lipinski definition) is 0. The summed E-state index contributed by atoms with van der Waals surface area (Å²) in [5.74, 6) is 1.99. The van der Waals surface area contributed by atoms with Crippen LogP contribution in [0.5, 0.6) is 0 Å². The summed E-state index contributed by atoms with van der Waals surface area (Å²) in [7, 11) is 0. The van der Waals surface area contributed by atoms with Crippen molar-refractivity contribution >= 4 is 27.1 Å². The highest BCUT2D eigenvalue weighted by Gasteiger charge is 2.39. The molecule has 2 saturated carbocycles. The number of allylic oxidation sites excluding steroid dienone is 1. The van der Waals surface area contributed by atoms with Crippen LogP contribution in [0.4, 0.5) is 0 Å². The summed E-state index contributed by atoms with van der Waals surface area (Å²) in [6.07, 6.45) is 15.6. The Bertz CT molecular complexity index is 2780. The fourth-order valence-electron chi connectivity index (χ4n) is 10.9. The molecule has 3 heterocycles. The summed E-state index contributed by atoms with van der Waals surface area (Å²) in [5, 5.41) is 12.4. The molecule has 3 aliphatic carbocycles. The zero-order chi connectivity index (χ0) is 40.0. The minimum absolute atomic E-state index is 0.359. The maximum Gasteiger partial charge on any atom is 0.0934 e. The fourth-order valence-corrected chi connectivity index (χ4v) is 12.3. The molecular formula is C55H52N4S. The van der Waals surface area contributed by atoms with Gasteiger partial charge in [-0.2, -0.15) is 10.2 Å². The molecule has 5 heteroatoms. The summed E-state index contributed by atoms with van der Waals surface area (Å²) in [6.45, 7) is 2.49. The van der Waals surface area contributed by atoms with Crippen LogP contribution in [0, 0.1) is 11.8 Å². The predicted octanol–water partition coefficient (Wildman–Crippen LogP) is 15.2. The number of rotatable bonds is 8. The summed E-state index contributed by atoms with van der Waals surface area (Å²) >= 11 is 2.05. The lowest BCUT2D eigenvalue weighted by Gasteiger charge is -2.37. The van der Waals surface area contributed by atoms with E-state index in [9.17, 15) is 0 Å². The molecule has 3 aliphatic rings. The van der Waals surface area contributed by atoms with E-state index in [-0.39, 0.29) is 0 Å². The van der Waals surface area contributed by atoms with E-state index in [1.807, 2.05) is 11.3 Å². The molecule has 0 radical (unpaired) electrons. The monoisotopic (exact) mass is 800 g/mol. The van der Waals surface area contributed by atoms with Crippen LogP contribution in [0.15, 0.2) is 152 Å². The van der Waals surface area contributed by atoms with Gasteiger partial charge in [-0.3, -0.25) is 0 Å². The molecule has 2 atom stereocenters. The highest BCUT2D eigenvalue weighted by molar-refractivity contribution is 7.20. The Labute approximate surface area is 358 Å². The van der Waals surface area contributed by atoms with Gasteiger partial charge in [-0.1, -0.05) is 173 Å². The smallest absolute Gasteiger partial charge is 0.0934 e. The van der Waals surface area contributed by atoms with Gasteiger partial charge in [0.15, 0.2) is 0 Å². The van der Waals surface area contributed by atoms with Crippen molar-refractivity contribution < 1.29 is 0 Å².